The van der Waals surface area contributed by atoms with E-state index in [1.807, 2.05) is 0 Å². The molecule has 2 N–H and O–H groups in total. The maximum absolute atomic E-state index is 3.83. The molecule has 0 spiro atoms. The molecule has 7 atom stereocenters. The van der Waals surface area contributed by atoms with Crippen LogP contribution in [0.3, 0.4) is 0 Å². The molecule has 5 fully saturated rings. The second kappa shape index (κ2) is 4.19. The number of fused-ring (bicyclic) bond motifs is 7. The van der Waals surface area contributed by atoms with Crippen LogP contribution in [0, 0.1) is 23.7 Å². The summed E-state index contributed by atoms with van der Waals surface area (Å²) in [5.74, 6) is 4.05. The molecule has 0 aromatic carbocycles. The summed E-state index contributed by atoms with van der Waals surface area (Å²) in [6.45, 7) is 3.92. The third-order valence-electron chi connectivity index (χ3n) is 7.08. The van der Waals surface area contributed by atoms with Crippen molar-refractivity contribution in [3.63, 3.8) is 0 Å². The summed E-state index contributed by atoms with van der Waals surface area (Å²) >= 11 is 0. The molecule has 0 aromatic rings. The van der Waals surface area contributed by atoms with Gasteiger partial charge < -0.3 is 10.6 Å². The van der Waals surface area contributed by atoms with Gasteiger partial charge >= 0.3 is 0 Å². The minimum Gasteiger partial charge on any atom is -0.314 e. The highest BCUT2D eigenvalue weighted by Crippen LogP contribution is 2.53. The van der Waals surface area contributed by atoms with Crippen molar-refractivity contribution in [2.45, 2.75) is 56.8 Å². The summed E-state index contributed by atoms with van der Waals surface area (Å²) < 4.78 is 0. The van der Waals surface area contributed by atoms with Crippen molar-refractivity contribution < 1.29 is 0 Å². The van der Waals surface area contributed by atoms with Gasteiger partial charge in [0.1, 0.15) is 0 Å². The number of rotatable bonds is 0. The quantitative estimate of drug-likeness (QED) is 0.690. The highest BCUT2D eigenvalue weighted by Gasteiger charge is 2.56. The summed E-state index contributed by atoms with van der Waals surface area (Å²) in [6.07, 6.45) is 9.57. The maximum Gasteiger partial charge on any atom is 0.0629 e. The van der Waals surface area contributed by atoms with Crippen molar-refractivity contribution in [1.82, 2.24) is 15.5 Å². The lowest BCUT2D eigenvalue weighted by molar-refractivity contribution is 0.0380. The number of nitrogens with one attached hydrogen (secondary N) is 2. The SMILES string of the molecule is C1CNC2CC3CCN4C(CC5CCNC54)C3C2C1. The molecule has 4 heterocycles. The molecular formula is C16H27N3. The van der Waals surface area contributed by atoms with Crippen molar-refractivity contribution in [3.8, 4) is 0 Å². The van der Waals surface area contributed by atoms with E-state index >= 15 is 0 Å². The molecule has 0 bridgehead atoms. The summed E-state index contributed by atoms with van der Waals surface area (Å²) in [6, 6.07) is 1.80. The van der Waals surface area contributed by atoms with Crippen LogP contribution in [0.25, 0.3) is 0 Å². The lowest BCUT2D eigenvalue weighted by Gasteiger charge is -2.44. The molecule has 19 heavy (non-hydrogen) atoms. The second-order valence-corrected chi connectivity index (χ2v) is 7.72. The van der Waals surface area contributed by atoms with Crippen LogP contribution in [0.4, 0.5) is 0 Å². The fourth-order valence-corrected chi connectivity index (χ4v) is 6.47. The fourth-order valence-electron chi connectivity index (χ4n) is 6.47. The first-order chi connectivity index (χ1) is 9.42. The Labute approximate surface area is 116 Å². The first-order valence-corrected chi connectivity index (χ1v) is 8.64. The Morgan fingerprint density at radius 2 is 1.89 bits per heavy atom. The zero-order valence-electron chi connectivity index (χ0n) is 11.9. The molecule has 5 rings (SSSR count). The average Bonchev–Trinajstić information content (AvgIpc) is 3.08. The lowest BCUT2D eigenvalue weighted by Crippen LogP contribution is -2.52. The van der Waals surface area contributed by atoms with Crippen molar-refractivity contribution in [2.75, 3.05) is 19.6 Å². The Morgan fingerprint density at radius 1 is 0.895 bits per heavy atom. The first-order valence-electron chi connectivity index (χ1n) is 8.64. The molecule has 3 heteroatoms. The molecule has 7 unspecified atom stereocenters. The highest BCUT2D eigenvalue weighted by molar-refractivity contribution is 5.09. The Hall–Kier alpha value is -0.120. The van der Waals surface area contributed by atoms with E-state index in [1.54, 1.807) is 0 Å². The van der Waals surface area contributed by atoms with Gasteiger partial charge in [-0.05, 0) is 75.3 Å². The fraction of sp³-hybridized carbons (Fsp3) is 1.00. The third-order valence-corrected chi connectivity index (χ3v) is 7.08. The molecule has 0 radical (unpaired) electrons. The van der Waals surface area contributed by atoms with Crippen LogP contribution < -0.4 is 10.6 Å². The van der Waals surface area contributed by atoms with Gasteiger partial charge in [-0.3, -0.25) is 4.90 Å². The topological polar surface area (TPSA) is 27.3 Å². The largest absolute Gasteiger partial charge is 0.314 e. The van der Waals surface area contributed by atoms with Crippen LogP contribution in [-0.2, 0) is 0 Å². The number of nitrogens with zero attached hydrogens (tertiary/aromatic N) is 1. The van der Waals surface area contributed by atoms with Gasteiger partial charge in [-0.1, -0.05) is 0 Å². The molecule has 1 saturated carbocycles. The highest BCUT2D eigenvalue weighted by atomic mass is 15.3. The molecule has 4 saturated heterocycles. The van der Waals surface area contributed by atoms with Gasteiger partial charge in [-0.2, -0.15) is 0 Å². The van der Waals surface area contributed by atoms with Crippen LogP contribution in [0.15, 0.2) is 0 Å². The van der Waals surface area contributed by atoms with Gasteiger partial charge in [0.25, 0.3) is 0 Å². The van der Waals surface area contributed by atoms with E-state index in [4.69, 9.17) is 0 Å². The van der Waals surface area contributed by atoms with Gasteiger partial charge in [-0.15, -0.1) is 0 Å². The van der Waals surface area contributed by atoms with Gasteiger partial charge in [0.15, 0.2) is 0 Å². The predicted octanol–water partition coefficient (Wildman–Crippen LogP) is 1.40. The average molecular weight is 261 g/mol. The van der Waals surface area contributed by atoms with Gasteiger partial charge in [0.05, 0.1) is 6.17 Å². The van der Waals surface area contributed by atoms with Gasteiger partial charge in [-0.25, -0.2) is 0 Å². The molecule has 106 valence electrons. The van der Waals surface area contributed by atoms with Crippen LogP contribution in [0.2, 0.25) is 0 Å². The Balaban J connectivity index is 1.44. The third kappa shape index (κ3) is 1.55. The Kier molecular flexibility index (Phi) is 2.54. The molecule has 0 amide bonds. The molecule has 1 aliphatic carbocycles. The van der Waals surface area contributed by atoms with Crippen LogP contribution in [-0.4, -0.2) is 42.8 Å². The van der Waals surface area contributed by atoms with Crippen molar-refractivity contribution in [1.29, 1.82) is 0 Å². The summed E-state index contributed by atoms with van der Waals surface area (Å²) in [5.41, 5.74) is 0. The van der Waals surface area contributed by atoms with Crippen molar-refractivity contribution >= 4 is 0 Å². The summed E-state index contributed by atoms with van der Waals surface area (Å²) in [4.78, 5) is 2.88. The summed E-state index contributed by atoms with van der Waals surface area (Å²) in [5, 5.41) is 7.61. The summed E-state index contributed by atoms with van der Waals surface area (Å²) in [7, 11) is 0. The Morgan fingerprint density at radius 3 is 2.89 bits per heavy atom. The minimum absolute atomic E-state index is 0.751. The monoisotopic (exact) mass is 261 g/mol. The number of hydrogen-bond acceptors (Lipinski definition) is 3. The second-order valence-electron chi connectivity index (χ2n) is 7.72. The van der Waals surface area contributed by atoms with E-state index in [-0.39, 0.29) is 0 Å². The van der Waals surface area contributed by atoms with Crippen molar-refractivity contribution in [2.24, 2.45) is 23.7 Å². The van der Waals surface area contributed by atoms with E-state index in [0.29, 0.717) is 0 Å². The van der Waals surface area contributed by atoms with Gasteiger partial charge in [0, 0.05) is 18.6 Å². The zero-order chi connectivity index (χ0) is 12.4. The Bertz CT molecular complexity index is 371. The molecule has 0 aromatic heterocycles. The smallest absolute Gasteiger partial charge is 0.0629 e. The normalized spacial score (nSPS) is 56.5. The molecule has 3 nitrogen and oxygen atoms in total. The number of piperidine rings is 2. The molecule has 4 aliphatic heterocycles. The van der Waals surface area contributed by atoms with E-state index in [1.165, 1.54) is 58.2 Å². The maximum atomic E-state index is 3.83. The van der Waals surface area contributed by atoms with Crippen LogP contribution >= 0.6 is 0 Å². The predicted molar refractivity (Wildman–Crippen MR) is 75.7 cm³/mol. The number of hydrogen-bond donors (Lipinski definition) is 2. The van der Waals surface area contributed by atoms with E-state index in [9.17, 15) is 0 Å². The zero-order valence-corrected chi connectivity index (χ0v) is 11.9. The van der Waals surface area contributed by atoms with Crippen LogP contribution in [0.5, 0.6) is 0 Å². The van der Waals surface area contributed by atoms with Gasteiger partial charge in [0.2, 0.25) is 0 Å². The molecule has 5 aliphatic rings. The van der Waals surface area contributed by atoms with E-state index in [2.05, 4.69) is 15.5 Å². The van der Waals surface area contributed by atoms with E-state index < -0.39 is 0 Å². The van der Waals surface area contributed by atoms with Crippen molar-refractivity contribution in [3.05, 3.63) is 0 Å². The van der Waals surface area contributed by atoms with Crippen LogP contribution in [0.1, 0.15) is 38.5 Å². The standard InChI is InChI=1S/C16H27N3/c1-2-12-13(17-5-1)8-10-4-7-19-14(15(10)12)9-11-3-6-18-16(11)19/h10-18H,1-9H2. The van der Waals surface area contributed by atoms with E-state index in [0.717, 1.165) is 41.9 Å². The lowest BCUT2D eigenvalue weighted by atomic mass is 9.75. The minimum atomic E-state index is 0.751. The molecular weight excluding hydrogens is 234 g/mol. The first kappa shape index (κ1) is 11.5.